The van der Waals surface area contributed by atoms with E-state index in [1.807, 2.05) is 0 Å². The monoisotopic (exact) mass is 264 g/mol. The molecular formula is C13H13FN2OS. The van der Waals surface area contributed by atoms with Crippen LogP contribution in [-0.2, 0) is 0 Å². The van der Waals surface area contributed by atoms with Crippen molar-refractivity contribution in [3.05, 3.63) is 47.5 Å². The fraction of sp³-hybridized carbons (Fsp3) is 0.231. The third-order valence-corrected chi connectivity index (χ3v) is 3.45. The number of nitrogens with zero attached hydrogens (tertiary/aromatic N) is 2. The highest BCUT2D eigenvalue weighted by atomic mass is 32.2. The molecule has 18 heavy (non-hydrogen) atoms. The van der Waals surface area contributed by atoms with Gasteiger partial charge in [-0.25, -0.2) is 14.4 Å². The van der Waals surface area contributed by atoms with Gasteiger partial charge in [-0.2, -0.15) is 0 Å². The predicted octanol–water partition coefficient (Wildman–Crippen LogP) is 3.13. The van der Waals surface area contributed by atoms with E-state index in [0.717, 1.165) is 4.90 Å². The SMILES string of the molecule is Cc1cc(Sc2ncccn2)c([C@H](C)O)cc1F. The Hall–Kier alpha value is -1.46. The summed E-state index contributed by atoms with van der Waals surface area (Å²) in [6.45, 7) is 3.30. The van der Waals surface area contributed by atoms with Crippen molar-refractivity contribution in [2.75, 3.05) is 0 Å². The maximum atomic E-state index is 13.5. The summed E-state index contributed by atoms with van der Waals surface area (Å²) in [4.78, 5) is 8.98. The van der Waals surface area contributed by atoms with Gasteiger partial charge in [0.2, 0.25) is 0 Å². The first-order valence-corrected chi connectivity index (χ1v) is 6.32. The zero-order chi connectivity index (χ0) is 13.1. The van der Waals surface area contributed by atoms with Crippen LogP contribution in [0.25, 0.3) is 0 Å². The number of hydrogen-bond donors (Lipinski definition) is 1. The van der Waals surface area contributed by atoms with Crippen molar-refractivity contribution in [3.63, 3.8) is 0 Å². The summed E-state index contributed by atoms with van der Waals surface area (Å²) < 4.78 is 13.5. The van der Waals surface area contributed by atoms with Crippen molar-refractivity contribution >= 4 is 11.8 Å². The molecule has 0 aliphatic carbocycles. The highest BCUT2D eigenvalue weighted by Crippen LogP contribution is 2.33. The van der Waals surface area contributed by atoms with Gasteiger partial charge in [-0.15, -0.1) is 0 Å². The zero-order valence-corrected chi connectivity index (χ0v) is 10.9. The van der Waals surface area contributed by atoms with Gasteiger partial charge in [-0.05, 0) is 54.9 Å². The van der Waals surface area contributed by atoms with Crippen LogP contribution in [0.2, 0.25) is 0 Å². The van der Waals surface area contributed by atoms with Crippen LogP contribution < -0.4 is 0 Å². The minimum atomic E-state index is -0.730. The van der Waals surface area contributed by atoms with E-state index in [4.69, 9.17) is 0 Å². The maximum Gasteiger partial charge on any atom is 0.192 e. The predicted molar refractivity (Wildman–Crippen MR) is 67.9 cm³/mol. The Bertz CT molecular complexity index is 546. The molecule has 2 aromatic rings. The molecule has 0 spiro atoms. The molecule has 0 saturated carbocycles. The van der Waals surface area contributed by atoms with E-state index < -0.39 is 6.10 Å². The molecule has 0 aliphatic heterocycles. The second-order valence-electron chi connectivity index (χ2n) is 3.95. The first-order chi connectivity index (χ1) is 8.58. The van der Waals surface area contributed by atoms with Crippen LogP contribution in [0, 0.1) is 12.7 Å². The summed E-state index contributed by atoms with van der Waals surface area (Å²) in [5.74, 6) is -0.316. The molecular weight excluding hydrogens is 251 g/mol. The van der Waals surface area contributed by atoms with E-state index in [-0.39, 0.29) is 5.82 Å². The van der Waals surface area contributed by atoms with Gasteiger partial charge >= 0.3 is 0 Å². The Balaban J connectivity index is 2.40. The van der Waals surface area contributed by atoms with Crippen LogP contribution in [0.15, 0.2) is 40.6 Å². The molecule has 0 amide bonds. The number of aryl methyl sites for hydroxylation is 1. The number of aliphatic hydroxyl groups excluding tert-OH is 1. The van der Waals surface area contributed by atoms with Crippen molar-refractivity contribution < 1.29 is 9.50 Å². The number of hydrogen-bond acceptors (Lipinski definition) is 4. The van der Waals surface area contributed by atoms with E-state index >= 15 is 0 Å². The molecule has 5 heteroatoms. The first-order valence-electron chi connectivity index (χ1n) is 5.51. The lowest BCUT2D eigenvalue weighted by Crippen LogP contribution is -1.98. The van der Waals surface area contributed by atoms with Crippen molar-refractivity contribution in [3.8, 4) is 0 Å². The largest absolute Gasteiger partial charge is 0.389 e. The van der Waals surface area contributed by atoms with Gasteiger partial charge in [-0.1, -0.05) is 0 Å². The fourth-order valence-corrected chi connectivity index (χ4v) is 2.53. The van der Waals surface area contributed by atoms with Gasteiger partial charge in [0.25, 0.3) is 0 Å². The van der Waals surface area contributed by atoms with E-state index in [2.05, 4.69) is 9.97 Å². The lowest BCUT2D eigenvalue weighted by atomic mass is 10.1. The standard InChI is InChI=1S/C13H13FN2OS/c1-8-6-12(10(9(2)17)7-11(8)14)18-13-15-4-3-5-16-13/h3-7,9,17H,1-2H3/t9-/m0/s1. The normalized spacial score (nSPS) is 12.4. The average molecular weight is 264 g/mol. The molecule has 0 unspecified atom stereocenters. The highest BCUT2D eigenvalue weighted by molar-refractivity contribution is 7.99. The zero-order valence-electron chi connectivity index (χ0n) is 10.1. The molecule has 1 N–H and O–H groups in total. The quantitative estimate of drug-likeness (QED) is 0.865. The van der Waals surface area contributed by atoms with Crippen LogP contribution in [0.3, 0.4) is 0 Å². The van der Waals surface area contributed by atoms with E-state index in [0.29, 0.717) is 16.3 Å². The van der Waals surface area contributed by atoms with Crippen LogP contribution in [-0.4, -0.2) is 15.1 Å². The average Bonchev–Trinajstić information content (AvgIpc) is 2.34. The molecule has 0 radical (unpaired) electrons. The lowest BCUT2D eigenvalue weighted by Gasteiger charge is -2.12. The second-order valence-corrected chi connectivity index (χ2v) is 4.96. The van der Waals surface area contributed by atoms with Crippen molar-refractivity contribution in [2.24, 2.45) is 0 Å². The maximum absolute atomic E-state index is 13.5. The van der Waals surface area contributed by atoms with Gasteiger partial charge in [0.15, 0.2) is 5.16 Å². The minimum absolute atomic E-state index is 0.316. The molecule has 1 atom stereocenters. The molecule has 1 heterocycles. The van der Waals surface area contributed by atoms with Gasteiger partial charge in [-0.3, -0.25) is 0 Å². The Morgan fingerprint density at radius 3 is 2.56 bits per heavy atom. The summed E-state index contributed by atoms with van der Waals surface area (Å²) in [6, 6.07) is 4.80. The molecule has 0 saturated heterocycles. The third kappa shape index (κ3) is 2.86. The summed E-state index contributed by atoms with van der Waals surface area (Å²) in [6.07, 6.45) is 2.56. The summed E-state index contributed by atoms with van der Waals surface area (Å²) >= 11 is 1.32. The van der Waals surface area contributed by atoms with E-state index in [1.165, 1.54) is 17.8 Å². The number of halogens is 1. The van der Waals surface area contributed by atoms with Gasteiger partial charge in [0, 0.05) is 17.3 Å². The number of benzene rings is 1. The number of aliphatic hydroxyl groups is 1. The van der Waals surface area contributed by atoms with E-state index in [9.17, 15) is 9.50 Å². The molecule has 1 aromatic carbocycles. The number of aromatic nitrogens is 2. The Labute approximate surface area is 109 Å². The number of rotatable bonds is 3. The van der Waals surface area contributed by atoms with Gasteiger partial charge in [0.05, 0.1) is 6.10 Å². The lowest BCUT2D eigenvalue weighted by molar-refractivity contribution is 0.196. The van der Waals surface area contributed by atoms with Crippen LogP contribution in [0.1, 0.15) is 24.2 Å². The highest BCUT2D eigenvalue weighted by Gasteiger charge is 2.13. The molecule has 0 fully saturated rings. The molecule has 0 aliphatic rings. The second kappa shape index (κ2) is 5.46. The Kier molecular flexibility index (Phi) is 3.93. The third-order valence-electron chi connectivity index (χ3n) is 2.48. The van der Waals surface area contributed by atoms with Crippen LogP contribution >= 0.6 is 11.8 Å². The summed E-state index contributed by atoms with van der Waals surface area (Å²) in [5.41, 5.74) is 1.09. The molecule has 94 valence electrons. The smallest absolute Gasteiger partial charge is 0.192 e. The molecule has 2 rings (SSSR count). The fourth-order valence-electron chi connectivity index (χ4n) is 1.52. The van der Waals surface area contributed by atoms with Crippen LogP contribution in [0.5, 0.6) is 0 Å². The van der Waals surface area contributed by atoms with Crippen LogP contribution in [0.4, 0.5) is 4.39 Å². The Morgan fingerprint density at radius 1 is 1.28 bits per heavy atom. The van der Waals surface area contributed by atoms with Crippen molar-refractivity contribution in [1.29, 1.82) is 0 Å². The Morgan fingerprint density at radius 2 is 1.94 bits per heavy atom. The molecule has 1 aromatic heterocycles. The first kappa shape index (κ1) is 13.0. The van der Waals surface area contributed by atoms with E-state index in [1.54, 1.807) is 38.4 Å². The van der Waals surface area contributed by atoms with Gasteiger partial charge in [0.1, 0.15) is 5.82 Å². The van der Waals surface area contributed by atoms with Crippen molar-refractivity contribution in [1.82, 2.24) is 9.97 Å². The minimum Gasteiger partial charge on any atom is -0.389 e. The topological polar surface area (TPSA) is 46.0 Å². The summed E-state index contributed by atoms with van der Waals surface area (Å²) in [5, 5.41) is 10.3. The summed E-state index contributed by atoms with van der Waals surface area (Å²) in [7, 11) is 0. The molecule has 3 nitrogen and oxygen atoms in total. The molecule has 0 bridgehead atoms. The van der Waals surface area contributed by atoms with Gasteiger partial charge < -0.3 is 5.11 Å². The van der Waals surface area contributed by atoms with Crippen molar-refractivity contribution in [2.45, 2.75) is 30.0 Å².